The van der Waals surface area contributed by atoms with Gasteiger partial charge in [0.15, 0.2) is 0 Å². The van der Waals surface area contributed by atoms with Crippen LogP contribution in [0.5, 0.6) is 5.75 Å². The van der Waals surface area contributed by atoms with Crippen LogP contribution in [0.15, 0.2) is 36.7 Å². The summed E-state index contributed by atoms with van der Waals surface area (Å²) in [5, 5.41) is 3.50. The van der Waals surface area contributed by atoms with E-state index < -0.39 is 0 Å². The zero-order valence-electron chi connectivity index (χ0n) is 13.2. The fraction of sp³-hybridized carbons (Fsp3) is 0.471. The summed E-state index contributed by atoms with van der Waals surface area (Å²) in [6, 6.07) is 8.59. The van der Waals surface area contributed by atoms with Crippen LogP contribution in [0.2, 0.25) is 0 Å². The van der Waals surface area contributed by atoms with Gasteiger partial charge in [-0.05, 0) is 26.0 Å². The number of benzene rings is 1. The highest BCUT2D eigenvalue weighted by Gasteiger charge is 2.13. The molecule has 1 aromatic carbocycles. The molecule has 0 aliphatic heterocycles. The van der Waals surface area contributed by atoms with Crippen LogP contribution >= 0.6 is 0 Å². The van der Waals surface area contributed by atoms with Gasteiger partial charge in [-0.2, -0.15) is 0 Å². The number of nitrogens with zero attached hydrogens (tertiary/aromatic N) is 2. The first-order valence-corrected chi connectivity index (χ1v) is 7.75. The third kappa shape index (κ3) is 3.85. The number of rotatable bonds is 8. The molecule has 0 fully saturated rings. The van der Waals surface area contributed by atoms with E-state index in [0.29, 0.717) is 12.6 Å². The van der Waals surface area contributed by atoms with Crippen molar-refractivity contribution in [3.63, 3.8) is 0 Å². The highest BCUT2D eigenvalue weighted by Crippen LogP contribution is 2.27. The Labute approximate surface area is 127 Å². The number of aromatic nitrogens is 2. The molecule has 0 aliphatic carbocycles. The average Bonchev–Trinajstić information content (AvgIpc) is 2.98. The normalized spacial score (nSPS) is 12.3. The molecule has 1 heterocycles. The van der Waals surface area contributed by atoms with Gasteiger partial charge in [-0.25, -0.2) is 4.98 Å². The van der Waals surface area contributed by atoms with Gasteiger partial charge in [-0.3, -0.25) is 0 Å². The molecule has 2 rings (SSSR count). The molecule has 0 saturated carbocycles. The monoisotopic (exact) mass is 287 g/mol. The summed E-state index contributed by atoms with van der Waals surface area (Å²) in [6.07, 6.45) is 4.84. The van der Waals surface area contributed by atoms with Crippen LogP contribution in [0.3, 0.4) is 0 Å². The second-order valence-electron chi connectivity index (χ2n) is 4.97. The molecular weight excluding hydrogens is 262 g/mol. The summed E-state index contributed by atoms with van der Waals surface area (Å²) in [5.74, 6) is 1.90. The first kappa shape index (κ1) is 15.6. The van der Waals surface area contributed by atoms with Gasteiger partial charge in [0.05, 0.1) is 0 Å². The molecule has 0 amide bonds. The Morgan fingerprint density at radius 2 is 2.05 bits per heavy atom. The molecule has 1 unspecified atom stereocenters. The zero-order valence-corrected chi connectivity index (χ0v) is 13.2. The van der Waals surface area contributed by atoms with Gasteiger partial charge < -0.3 is 14.6 Å². The SMILES string of the molecule is CCNC(CC)c1ccccc1OCc1nccn1CC. The van der Waals surface area contributed by atoms with E-state index in [1.165, 1.54) is 5.56 Å². The lowest BCUT2D eigenvalue weighted by Crippen LogP contribution is -2.20. The van der Waals surface area contributed by atoms with Crippen molar-refractivity contribution in [1.82, 2.24) is 14.9 Å². The van der Waals surface area contributed by atoms with E-state index in [9.17, 15) is 0 Å². The molecule has 4 nitrogen and oxygen atoms in total. The van der Waals surface area contributed by atoms with Crippen LogP contribution in [-0.4, -0.2) is 16.1 Å². The van der Waals surface area contributed by atoms with Gasteiger partial charge in [0.2, 0.25) is 0 Å². The maximum absolute atomic E-state index is 6.03. The minimum Gasteiger partial charge on any atom is -0.485 e. The van der Waals surface area contributed by atoms with Crippen molar-refractivity contribution in [2.45, 2.75) is 46.4 Å². The minimum absolute atomic E-state index is 0.331. The summed E-state index contributed by atoms with van der Waals surface area (Å²) in [7, 11) is 0. The molecule has 21 heavy (non-hydrogen) atoms. The van der Waals surface area contributed by atoms with Gasteiger partial charge in [0.25, 0.3) is 0 Å². The van der Waals surface area contributed by atoms with Crippen molar-refractivity contribution in [2.24, 2.45) is 0 Å². The summed E-state index contributed by atoms with van der Waals surface area (Å²) >= 11 is 0. The number of hydrogen-bond donors (Lipinski definition) is 1. The van der Waals surface area contributed by atoms with Gasteiger partial charge in [0.1, 0.15) is 18.2 Å². The van der Waals surface area contributed by atoms with E-state index in [2.05, 4.69) is 47.8 Å². The molecule has 0 bridgehead atoms. The molecular formula is C17H25N3O. The lowest BCUT2D eigenvalue weighted by molar-refractivity contribution is 0.283. The molecule has 0 radical (unpaired) electrons. The predicted octanol–water partition coefficient (Wildman–Crippen LogP) is 3.54. The van der Waals surface area contributed by atoms with Crippen molar-refractivity contribution < 1.29 is 4.74 Å². The standard InChI is InChI=1S/C17H25N3O/c1-4-15(18-5-2)14-9-7-8-10-16(14)21-13-17-19-11-12-20(17)6-3/h7-12,15,18H,4-6,13H2,1-3H3. The second-order valence-corrected chi connectivity index (χ2v) is 4.97. The molecule has 2 aromatic rings. The van der Waals surface area contributed by atoms with Crippen LogP contribution in [0.1, 0.15) is 44.6 Å². The van der Waals surface area contributed by atoms with Crippen LogP contribution in [0.4, 0.5) is 0 Å². The molecule has 0 aliphatic rings. The van der Waals surface area contributed by atoms with E-state index in [1.54, 1.807) is 0 Å². The maximum Gasteiger partial charge on any atom is 0.146 e. The first-order valence-electron chi connectivity index (χ1n) is 7.75. The zero-order chi connectivity index (χ0) is 15.1. The van der Waals surface area contributed by atoms with Crippen LogP contribution in [0, 0.1) is 0 Å². The summed E-state index contributed by atoms with van der Waals surface area (Å²) in [6.45, 7) is 8.79. The van der Waals surface area contributed by atoms with Crippen molar-refractivity contribution in [3.8, 4) is 5.75 Å². The number of ether oxygens (including phenoxy) is 1. The van der Waals surface area contributed by atoms with Gasteiger partial charge in [-0.1, -0.05) is 32.0 Å². The lowest BCUT2D eigenvalue weighted by Gasteiger charge is -2.20. The van der Waals surface area contributed by atoms with Gasteiger partial charge in [0, 0.05) is 30.5 Å². The molecule has 0 saturated heterocycles. The molecule has 1 atom stereocenters. The third-order valence-corrected chi connectivity index (χ3v) is 3.65. The number of nitrogens with one attached hydrogen (secondary N) is 1. The van der Waals surface area contributed by atoms with Crippen molar-refractivity contribution in [2.75, 3.05) is 6.54 Å². The Bertz CT molecular complexity index is 550. The quantitative estimate of drug-likeness (QED) is 0.807. The highest BCUT2D eigenvalue weighted by atomic mass is 16.5. The molecule has 0 spiro atoms. The van der Waals surface area contributed by atoms with E-state index in [-0.39, 0.29) is 0 Å². The Morgan fingerprint density at radius 3 is 2.76 bits per heavy atom. The van der Waals surface area contributed by atoms with Crippen LogP contribution in [-0.2, 0) is 13.2 Å². The topological polar surface area (TPSA) is 39.1 Å². The molecule has 1 N–H and O–H groups in total. The fourth-order valence-electron chi connectivity index (χ4n) is 2.53. The molecule has 1 aromatic heterocycles. The number of aryl methyl sites for hydroxylation is 1. The fourth-order valence-corrected chi connectivity index (χ4v) is 2.53. The summed E-state index contributed by atoms with van der Waals surface area (Å²) in [5.41, 5.74) is 1.22. The van der Waals surface area contributed by atoms with E-state index >= 15 is 0 Å². The lowest BCUT2D eigenvalue weighted by atomic mass is 10.0. The second kappa shape index (κ2) is 7.84. The summed E-state index contributed by atoms with van der Waals surface area (Å²) in [4.78, 5) is 4.36. The Balaban J connectivity index is 2.13. The number of imidazole rings is 1. The van der Waals surface area contributed by atoms with Crippen molar-refractivity contribution in [1.29, 1.82) is 0 Å². The Hall–Kier alpha value is -1.81. The van der Waals surface area contributed by atoms with E-state index in [0.717, 1.165) is 31.1 Å². The minimum atomic E-state index is 0.331. The third-order valence-electron chi connectivity index (χ3n) is 3.65. The van der Waals surface area contributed by atoms with Crippen LogP contribution < -0.4 is 10.1 Å². The van der Waals surface area contributed by atoms with Crippen molar-refractivity contribution in [3.05, 3.63) is 48.0 Å². The molecule has 4 heteroatoms. The first-order chi connectivity index (χ1) is 10.3. The number of hydrogen-bond acceptors (Lipinski definition) is 3. The van der Waals surface area contributed by atoms with Gasteiger partial charge >= 0.3 is 0 Å². The largest absolute Gasteiger partial charge is 0.485 e. The number of para-hydroxylation sites is 1. The highest BCUT2D eigenvalue weighted by molar-refractivity contribution is 5.36. The Morgan fingerprint density at radius 1 is 1.24 bits per heavy atom. The smallest absolute Gasteiger partial charge is 0.146 e. The average molecular weight is 287 g/mol. The van der Waals surface area contributed by atoms with Crippen LogP contribution in [0.25, 0.3) is 0 Å². The Kier molecular flexibility index (Phi) is 5.81. The van der Waals surface area contributed by atoms with Crippen molar-refractivity contribution >= 4 is 0 Å². The maximum atomic E-state index is 6.03. The van der Waals surface area contributed by atoms with E-state index in [4.69, 9.17) is 4.74 Å². The predicted molar refractivity (Wildman–Crippen MR) is 85.4 cm³/mol. The van der Waals surface area contributed by atoms with E-state index in [1.807, 2.05) is 24.5 Å². The summed E-state index contributed by atoms with van der Waals surface area (Å²) < 4.78 is 8.13. The molecule has 114 valence electrons. The van der Waals surface area contributed by atoms with Gasteiger partial charge in [-0.15, -0.1) is 0 Å².